The van der Waals surface area contributed by atoms with E-state index in [4.69, 9.17) is 26.6 Å². The molecule has 0 atom stereocenters. The van der Waals surface area contributed by atoms with Gasteiger partial charge in [-0.1, -0.05) is 22.8 Å². The Balaban J connectivity index is 2.24. The summed E-state index contributed by atoms with van der Waals surface area (Å²) in [7, 11) is 1.58. The maximum Gasteiger partial charge on any atom is 0.230 e. The lowest BCUT2D eigenvalue weighted by Gasteiger charge is -2.08. The number of halogens is 1. The second-order valence-electron chi connectivity index (χ2n) is 4.36. The average Bonchev–Trinajstić information content (AvgIpc) is 2.89. The van der Waals surface area contributed by atoms with Crippen LogP contribution in [-0.2, 0) is 0 Å². The quantitative estimate of drug-likeness (QED) is 0.799. The van der Waals surface area contributed by atoms with Crippen molar-refractivity contribution in [1.29, 1.82) is 0 Å². The van der Waals surface area contributed by atoms with Gasteiger partial charge in [0.15, 0.2) is 0 Å². The topological polar surface area (TPSA) is 74.2 Å². The minimum Gasteiger partial charge on any atom is -0.496 e. The molecule has 0 aliphatic rings. The standard InChI is InChI=1S/C15H12ClN3O2/c1-20-12-5-4-10(16)7-11(12)14-13(15(17)21-19-14)9-3-2-6-18-8-9/h2-8H,17H2,1H3. The van der Waals surface area contributed by atoms with Gasteiger partial charge in [0.05, 0.1) is 12.7 Å². The molecular weight excluding hydrogens is 290 g/mol. The zero-order valence-electron chi connectivity index (χ0n) is 11.2. The van der Waals surface area contributed by atoms with Crippen molar-refractivity contribution in [3.63, 3.8) is 0 Å². The van der Waals surface area contributed by atoms with Gasteiger partial charge in [-0.15, -0.1) is 0 Å². The van der Waals surface area contributed by atoms with Crippen molar-refractivity contribution in [1.82, 2.24) is 10.1 Å². The Morgan fingerprint density at radius 3 is 2.86 bits per heavy atom. The summed E-state index contributed by atoms with van der Waals surface area (Å²) in [5.74, 6) is 0.859. The maximum atomic E-state index is 6.07. The molecule has 0 bridgehead atoms. The van der Waals surface area contributed by atoms with E-state index in [9.17, 15) is 0 Å². The highest BCUT2D eigenvalue weighted by atomic mass is 35.5. The van der Waals surface area contributed by atoms with Gasteiger partial charge in [-0.25, -0.2) is 0 Å². The first-order valence-corrected chi connectivity index (χ1v) is 6.58. The molecular formula is C15H12ClN3O2. The van der Waals surface area contributed by atoms with Gasteiger partial charge >= 0.3 is 0 Å². The summed E-state index contributed by atoms with van der Waals surface area (Å²) >= 11 is 6.07. The van der Waals surface area contributed by atoms with E-state index in [2.05, 4.69) is 10.1 Å². The molecule has 0 saturated carbocycles. The first-order chi connectivity index (χ1) is 10.2. The summed E-state index contributed by atoms with van der Waals surface area (Å²) in [6.45, 7) is 0. The molecule has 2 N–H and O–H groups in total. The summed E-state index contributed by atoms with van der Waals surface area (Å²) in [6.07, 6.45) is 3.39. The third kappa shape index (κ3) is 2.43. The minimum absolute atomic E-state index is 0.222. The van der Waals surface area contributed by atoms with Crippen molar-refractivity contribution >= 4 is 17.5 Å². The van der Waals surface area contributed by atoms with Crippen LogP contribution >= 0.6 is 11.6 Å². The molecule has 21 heavy (non-hydrogen) atoms. The minimum atomic E-state index is 0.222. The summed E-state index contributed by atoms with van der Waals surface area (Å²) in [4.78, 5) is 4.09. The SMILES string of the molecule is COc1ccc(Cl)cc1-c1noc(N)c1-c1cccnc1. The maximum absolute atomic E-state index is 6.07. The number of methoxy groups -OCH3 is 1. The molecule has 0 fully saturated rings. The Bertz CT molecular complexity index is 772. The molecule has 2 heterocycles. The summed E-state index contributed by atoms with van der Waals surface area (Å²) in [5.41, 5.74) is 8.67. The molecule has 0 unspecified atom stereocenters. The van der Waals surface area contributed by atoms with Gasteiger partial charge in [0.1, 0.15) is 11.4 Å². The van der Waals surface area contributed by atoms with E-state index in [1.807, 2.05) is 12.1 Å². The first-order valence-electron chi connectivity index (χ1n) is 6.20. The normalized spacial score (nSPS) is 10.6. The lowest BCUT2D eigenvalue weighted by Crippen LogP contribution is -1.91. The molecule has 5 nitrogen and oxygen atoms in total. The second-order valence-corrected chi connectivity index (χ2v) is 4.79. The van der Waals surface area contributed by atoms with E-state index in [1.54, 1.807) is 37.7 Å². The van der Waals surface area contributed by atoms with Crippen LogP contribution in [0.4, 0.5) is 5.88 Å². The van der Waals surface area contributed by atoms with E-state index in [0.717, 1.165) is 5.56 Å². The Hall–Kier alpha value is -2.53. The molecule has 6 heteroatoms. The van der Waals surface area contributed by atoms with E-state index in [1.165, 1.54) is 0 Å². The third-order valence-corrected chi connectivity index (χ3v) is 3.32. The fraction of sp³-hybridized carbons (Fsp3) is 0.0667. The number of benzene rings is 1. The number of rotatable bonds is 3. The predicted octanol–water partition coefficient (Wildman–Crippen LogP) is 3.65. The first kappa shape index (κ1) is 13.5. The van der Waals surface area contributed by atoms with Crippen LogP contribution < -0.4 is 10.5 Å². The van der Waals surface area contributed by atoms with E-state index < -0.39 is 0 Å². The Morgan fingerprint density at radius 1 is 1.29 bits per heavy atom. The van der Waals surface area contributed by atoms with Crippen molar-refractivity contribution < 1.29 is 9.26 Å². The molecule has 3 aromatic rings. The van der Waals surface area contributed by atoms with E-state index >= 15 is 0 Å². The molecule has 3 rings (SSSR count). The number of pyridine rings is 1. The number of nitrogens with zero attached hydrogens (tertiary/aromatic N) is 2. The van der Waals surface area contributed by atoms with Crippen LogP contribution in [0.25, 0.3) is 22.4 Å². The van der Waals surface area contributed by atoms with E-state index in [-0.39, 0.29) is 5.88 Å². The second kappa shape index (κ2) is 5.46. The number of nitrogen functional groups attached to an aromatic ring is 1. The van der Waals surface area contributed by atoms with Crippen molar-refractivity contribution in [3.05, 3.63) is 47.7 Å². The molecule has 2 aromatic heterocycles. The molecule has 1 aromatic carbocycles. The van der Waals surface area contributed by atoms with Crippen LogP contribution in [0.15, 0.2) is 47.2 Å². The third-order valence-electron chi connectivity index (χ3n) is 3.09. The molecule has 0 aliphatic carbocycles. The van der Waals surface area contributed by atoms with Crippen LogP contribution in [0.2, 0.25) is 5.02 Å². The zero-order valence-corrected chi connectivity index (χ0v) is 12.0. The van der Waals surface area contributed by atoms with Crippen LogP contribution in [0.5, 0.6) is 5.75 Å². The highest BCUT2D eigenvalue weighted by Gasteiger charge is 2.20. The Labute approximate surface area is 126 Å². The van der Waals surface area contributed by atoms with Crippen LogP contribution in [-0.4, -0.2) is 17.3 Å². The van der Waals surface area contributed by atoms with Gasteiger partial charge in [0, 0.05) is 28.5 Å². The molecule has 0 spiro atoms. The fourth-order valence-corrected chi connectivity index (χ4v) is 2.31. The fourth-order valence-electron chi connectivity index (χ4n) is 2.14. The van der Waals surface area contributed by atoms with Gasteiger partial charge in [0.2, 0.25) is 5.88 Å². The number of hydrogen-bond acceptors (Lipinski definition) is 5. The lowest BCUT2D eigenvalue weighted by molar-refractivity contribution is 0.414. The van der Waals surface area contributed by atoms with Gasteiger partial charge in [-0.2, -0.15) is 0 Å². The Morgan fingerprint density at radius 2 is 2.14 bits per heavy atom. The van der Waals surface area contributed by atoms with Crippen LogP contribution in [0.1, 0.15) is 0 Å². The number of anilines is 1. The Kier molecular flexibility index (Phi) is 3.50. The monoisotopic (exact) mass is 301 g/mol. The van der Waals surface area contributed by atoms with Gasteiger partial charge < -0.3 is 15.0 Å². The van der Waals surface area contributed by atoms with Crippen LogP contribution in [0.3, 0.4) is 0 Å². The lowest BCUT2D eigenvalue weighted by atomic mass is 10.0. The largest absolute Gasteiger partial charge is 0.496 e. The highest BCUT2D eigenvalue weighted by molar-refractivity contribution is 6.31. The number of ether oxygens (including phenoxy) is 1. The summed E-state index contributed by atoms with van der Waals surface area (Å²) < 4.78 is 10.5. The molecule has 0 saturated heterocycles. The number of hydrogen-bond donors (Lipinski definition) is 1. The predicted molar refractivity (Wildman–Crippen MR) is 81.1 cm³/mol. The van der Waals surface area contributed by atoms with Crippen molar-refractivity contribution in [3.8, 4) is 28.1 Å². The molecule has 106 valence electrons. The molecule has 0 aliphatic heterocycles. The van der Waals surface area contributed by atoms with Crippen molar-refractivity contribution in [2.75, 3.05) is 12.8 Å². The molecule has 0 amide bonds. The van der Waals surface area contributed by atoms with E-state index in [0.29, 0.717) is 27.6 Å². The van der Waals surface area contributed by atoms with Crippen molar-refractivity contribution in [2.45, 2.75) is 0 Å². The summed E-state index contributed by atoms with van der Waals surface area (Å²) in [6, 6.07) is 8.99. The highest BCUT2D eigenvalue weighted by Crippen LogP contribution is 2.40. The van der Waals surface area contributed by atoms with Crippen molar-refractivity contribution in [2.24, 2.45) is 0 Å². The van der Waals surface area contributed by atoms with Gasteiger partial charge in [-0.3, -0.25) is 4.98 Å². The van der Waals surface area contributed by atoms with Gasteiger partial charge in [0.25, 0.3) is 0 Å². The molecule has 0 radical (unpaired) electrons. The number of nitrogens with two attached hydrogens (primary N) is 1. The summed E-state index contributed by atoms with van der Waals surface area (Å²) in [5, 5.41) is 4.62. The zero-order chi connectivity index (χ0) is 14.8. The van der Waals surface area contributed by atoms with Gasteiger partial charge in [-0.05, 0) is 24.3 Å². The van der Waals surface area contributed by atoms with Crippen LogP contribution in [0, 0.1) is 0 Å². The number of aromatic nitrogens is 2. The smallest absolute Gasteiger partial charge is 0.230 e. The average molecular weight is 302 g/mol.